The van der Waals surface area contributed by atoms with Crippen LogP contribution in [0, 0.1) is 0 Å². The Balaban J connectivity index is 1.75. The second-order valence-electron chi connectivity index (χ2n) is 8.53. The Morgan fingerprint density at radius 2 is 1.73 bits per heavy atom. The zero-order valence-corrected chi connectivity index (χ0v) is 19.4. The van der Waals surface area contributed by atoms with Crippen molar-refractivity contribution < 1.29 is 5.11 Å². The molecule has 172 valence electrons. The molecule has 4 aromatic rings. The van der Waals surface area contributed by atoms with Crippen molar-refractivity contribution >= 4 is 17.1 Å². The first-order chi connectivity index (χ1) is 15.8. The van der Waals surface area contributed by atoms with Crippen molar-refractivity contribution in [1.29, 1.82) is 0 Å². The van der Waals surface area contributed by atoms with Gasteiger partial charge in [-0.2, -0.15) is 4.98 Å². The van der Waals surface area contributed by atoms with Crippen LogP contribution in [0.4, 0.5) is 5.95 Å². The molecule has 0 saturated heterocycles. The Morgan fingerprint density at radius 1 is 1.00 bits per heavy atom. The van der Waals surface area contributed by atoms with Gasteiger partial charge in [0, 0.05) is 20.6 Å². The van der Waals surface area contributed by atoms with Gasteiger partial charge in [-0.3, -0.25) is 18.5 Å². The summed E-state index contributed by atoms with van der Waals surface area (Å²) in [6.45, 7) is 4.96. The first-order valence-corrected chi connectivity index (χ1v) is 11.0. The first-order valence-electron chi connectivity index (χ1n) is 11.0. The van der Waals surface area contributed by atoms with E-state index in [-0.39, 0.29) is 13.2 Å². The van der Waals surface area contributed by atoms with Crippen LogP contribution in [0.15, 0.2) is 58.1 Å². The summed E-state index contributed by atoms with van der Waals surface area (Å²) in [5, 5.41) is 12.3. The molecule has 33 heavy (non-hydrogen) atoms. The molecule has 2 aromatic heterocycles. The fourth-order valence-corrected chi connectivity index (χ4v) is 3.97. The molecule has 0 saturated carbocycles. The van der Waals surface area contributed by atoms with Gasteiger partial charge in [0.1, 0.15) is 0 Å². The zero-order chi connectivity index (χ0) is 23.7. The second kappa shape index (κ2) is 9.07. The number of benzene rings is 2. The van der Waals surface area contributed by atoms with E-state index in [9.17, 15) is 14.7 Å². The van der Waals surface area contributed by atoms with Crippen molar-refractivity contribution in [1.82, 2.24) is 18.7 Å². The maximum absolute atomic E-state index is 12.9. The van der Waals surface area contributed by atoms with E-state index in [0.717, 1.165) is 21.3 Å². The molecule has 0 amide bonds. The fraction of sp³-hybridized carbons (Fsp3) is 0.320. The van der Waals surface area contributed by atoms with Gasteiger partial charge in [-0.05, 0) is 28.2 Å². The molecule has 0 radical (unpaired) electrons. The van der Waals surface area contributed by atoms with E-state index in [2.05, 4.69) is 60.5 Å². The third-order valence-electron chi connectivity index (χ3n) is 5.92. The van der Waals surface area contributed by atoms with Crippen LogP contribution >= 0.6 is 0 Å². The molecule has 4 rings (SSSR count). The Kier molecular flexibility index (Phi) is 6.20. The maximum Gasteiger partial charge on any atom is 0.332 e. The maximum atomic E-state index is 12.9. The van der Waals surface area contributed by atoms with Gasteiger partial charge in [-0.15, -0.1) is 0 Å². The summed E-state index contributed by atoms with van der Waals surface area (Å²) in [6.07, 6.45) is 0. The summed E-state index contributed by atoms with van der Waals surface area (Å²) >= 11 is 0. The number of aromatic nitrogens is 4. The van der Waals surface area contributed by atoms with Crippen molar-refractivity contribution in [2.24, 2.45) is 14.1 Å². The molecule has 0 aliphatic carbocycles. The number of hydrogen-bond acceptors (Lipinski definition) is 5. The minimum absolute atomic E-state index is 0.0791. The molecule has 0 atom stereocenters. The first kappa shape index (κ1) is 22.5. The van der Waals surface area contributed by atoms with Crippen LogP contribution in [-0.4, -0.2) is 36.9 Å². The van der Waals surface area contributed by atoms with Crippen LogP contribution in [0.5, 0.6) is 0 Å². The number of aryl methyl sites for hydroxylation is 1. The third kappa shape index (κ3) is 4.21. The molecule has 0 aliphatic heterocycles. The topological polar surface area (TPSA) is 94.1 Å². The number of nitrogens with one attached hydrogen (secondary N) is 1. The van der Waals surface area contributed by atoms with Crippen LogP contribution in [-0.2, 0) is 20.6 Å². The van der Waals surface area contributed by atoms with E-state index >= 15 is 0 Å². The smallest absolute Gasteiger partial charge is 0.332 e. The van der Waals surface area contributed by atoms with Gasteiger partial charge in [0.15, 0.2) is 11.2 Å². The van der Waals surface area contributed by atoms with E-state index in [1.165, 1.54) is 17.2 Å². The summed E-state index contributed by atoms with van der Waals surface area (Å²) in [4.78, 5) is 29.8. The molecule has 0 unspecified atom stereocenters. The fourth-order valence-electron chi connectivity index (χ4n) is 3.97. The van der Waals surface area contributed by atoms with Crippen LogP contribution in [0.2, 0.25) is 0 Å². The highest BCUT2D eigenvalue weighted by Gasteiger charge is 2.19. The lowest BCUT2D eigenvalue weighted by Crippen LogP contribution is -2.37. The van der Waals surface area contributed by atoms with Gasteiger partial charge in [-0.1, -0.05) is 62.4 Å². The quantitative estimate of drug-likeness (QED) is 0.454. The number of aliphatic hydroxyl groups excluding tert-OH is 1. The molecule has 0 bridgehead atoms. The Hall–Kier alpha value is -3.65. The van der Waals surface area contributed by atoms with E-state index in [0.29, 0.717) is 29.6 Å². The molecule has 8 heteroatoms. The van der Waals surface area contributed by atoms with E-state index in [1.54, 1.807) is 11.6 Å². The predicted octanol–water partition coefficient (Wildman–Crippen LogP) is 2.68. The van der Waals surface area contributed by atoms with Crippen molar-refractivity contribution in [2.75, 3.05) is 18.5 Å². The molecule has 0 aliphatic rings. The highest BCUT2D eigenvalue weighted by Crippen LogP contribution is 2.25. The normalized spacial score (nSPS) is 11.5. The van der Waals surface area contributed by atoms with Crippen molar-refractivity contribution in [3.63, 3.8) is 0 Å². The summed E-state index contributed by atoms with van der Waals surface area (Å²) in [6, 6.07) is 16.7. The molecule has 8 nitrogen and oxygen atoms in total. The Bertz CT molecular complexity index is 1410. The number of rotatable bonds is 7. The highest BCUT2D eigenvalue weighted by molar-refractivity contribution is 5.74. The van der Waals surface area contributed by atoms with Gasteiger partial charge in [0.05, 0.1) is 13.2 Å². The van der Waals surface area contributed by atoms with Crippen LogP contribution in [0.1, 0.15) is 30.9 Å². The highest BCUT2D eigenvalue weighted by atomic mass is 16.3. The largest absolute Gasteiger partial charge is 0.395 e. The number of hydrogen-bond donors (Lipinski definition) is 2. The van der Waals surface area contributed by atoms with E-state index in [1.807, 2.05) is 12.1 Å². The molecule has 2 heterocycles. The number of fused-ring (bicyclic) bond motifs is 1. The van der Waals surface area contributed by atoms with Gasteiger partial charge in [0.25, 0.3) is 5.56 Å². The van der Waals surface area contributed by atoms with Crippen LogP contribution in [0.25, 0.3) is 22.3 Å². The number of nitrogens with zero attached hydrogens (tertiary/aromatic N) is 4. The summed E-state index contributed by atoms with van der Waals surface area (Å²) < 4.78 is 4.21. The van der Waals surface area contributed by atoms with E-state index in [4.69, 9.17) is 0 Å². The van der Waals surface area contributed by atoms with Crippen molar-refractivity contribution in [3.8, 4) is 11.1 Å². The monoisotopic (exact) mass is 447 g/mol. The number of anilines is 1. The lowest BCUT2D eigenvalue weighted by atomic mass is 9.97. The standard InChI is InChI=1S/C25H29N5O3/c1-16(2)19-6-5-7-20(14-19)18-10-8-17(9-11-18)15-30-21-22(27-24(30)26-12-13-31)28(3)25(33)29(4)23(21)32/h5-11,14,16,31H,12-13,15H2,1-4H3,(H,26,27). The molecule has 2 aromatic carbocycles. The SMILES string of the molecule is CC(C)c1cccc(-c2ccc(Cn3c(NCCO)nc4c3c(=O)n(C)c(=O)n4C)cc2)c1. The molecular weight excluding hydrogens is 418 g/mol. The zero-order valence-electron chi connectivity index (χ0n) is 19.4. The van der Waals surface area contributed by atoms with Gasteiger partial charge in [0.2, 0.25) is 5.95 Å². The summed E-state index contributed by atoms with van der Waals surface area (Å²) in [5.74, 6) is 0.897. The predicted molar refractivity (Wildman–Crippen MR) is 131 cm³/mol. The van der Waals surface area contributed by atoms with Crippen LogP contribution in [0.3, 0.4) is 0 Å². The lowest BCUT2D eigenvalue weighted by Gasteiger charge is -2.12. The van der Waals surface area contributed by atoms with Crippen molar-refractivity contribution in [2.45, 2.75) is 26.3 Å². The summed E-state index contributed by atoms with van der Waals surface area (Å²) in [5.41, 5.74) is 4.38. The average molecular weight is 448 g/mol. The van der Waals surface area contributed by atoms with Gasteiger partial charge >= 0.3 is 5.69 Å². The second-order valence-corrected chi connectivity index (χ2v) is 8.53. The molecular formula is C25H29N5O3. The number of aliphatic hydroxyl groups is 1. The Morgan fingerprint density at radius 3 is 2.39 bits per heavy atom. The van der Waals surface area contributed by atoms with Gasteiger partial charge < -0.3 is 10.4 Å². The molecule has 0 fully saturated rings. The van der Waals surface area contributed by atoms with Gasteiger partial charge in [-0.25, -0.2) is 4.79 Å². The Labute approximate surface area is 191 Å². The number of imidazole rings is 1. The molecule has 0 spiro atoms. The van der Waals surface area contributed by atoms with Crippen LogP contribution < -0.4 is 16.6 Å². The average Bonchev–Trinajstić information content (AvgIpc) is 3.18. The van der Waals surface area contributed by atoms with E-state index < -0.39 is 11.2 Å². The lowest BCUT2D eigenvalue weighted by molar-refractivity contribution is 0.310. The minimum atomic E-state index is -0.432. The third-order valence-corrected chi connectivity index (χ3v) is 5.92. The van der Waals surface area contributed by atoms with Crippen molar-refractivity contribution in [3.05, 3.63) is 80.5 Å². The molecule has 2 N–H and O–H groups in total. The summed E-state index contributed by atoms with van der Waals surface area (Å²) in [7, 11) is 3.06. The minimum Gasteiger partial charge on any atom is -0.395 e.